The lowest BCUT2D eigenvalue weighted by molar-refractivity contribution is 0.0983. The number of carbonyl (C=O) groups excluding carboxylic acids is 1. The number of aryl methyl sites for hydroxylation is 1. The molecule has 0 N–H and O–H groups in total. The van der Waals surface area contributed by atoms with E-state index in [1.807, 2.05) is 0 Å². The highest BCUT2D eigenvalue weighted by Gasteiger charge is 2.16. The second-order valence-electron chi connectivity index (χ2n) is 4.29. The molecule has 0 fully saturated rings. The molecule has 0 aliphatic carbocycles. The Morgan fingerprint density at radius 2 is 1.85 bits per heavy atom. The van der Waals surface area contributed by atoms with Crippen LogP contribution in [0, 0.1) is 12.7 Å². The van der Waals surface area contributed by atoms with Crippen LogP contribution in [0.3, 0.4) is 0 Å². The smallest absolute Gasteiger partial charge is 0.230 e. The van der Waals surface area contributed by atoms with Crippen molar-refractivity contribution < 1.29 is 13.9 Å². The van der Waals surface area contributed by atoms with Crippen molar-refractivity contribution in [2.24, 2.45) is 0 Å². The average molecular weight is 291 g/mol. The van der Waals surface area contributed by atoms with E-state index in [9.17, 15) is 9.18 Å². The van der Waals surface area contributed by atoms with Crippen LogP contribution in [-0.2, 0) is 0 Å². The largest absolute Gasteiger partial charge is 0.454 e. The minimum atomic E-state index is -0.587. The van der Waals surface area contributed by atoms with Crippen molar-refractivity contribution in [2.45, 2.75) is 6.92 Å². The molecule has 2 rings (SSSR count). The van der Waals surface area contributed by atoms with Gasteiger partial charge < -0.3 is 4.74 Å². The van der Waals surface area contributed by atoms with E-state index in [0.717, 1.165) is 5.56 Å². The van der Waals surface area contributed by atoms with E-state index >= 15 is 0 Å². The summed E-state index contributed by atoms with van der Waals surface area (Å²) in [5.74, 6) is -0.899. The van der Waals surface area contributed by atoms with E-state index in [1.165, 1.54) is 12.1 Å². The van der Waals surface area contributed by atoms with Gasteiger partial charge in [-0.25, -0.2) is 4.39 Å². The van der Waals surface area contributed by atoms with Gasteiger partial charge >= 0.3 is 0 Å². The third-order valence-electron chi connectivity index (χ3n) is 2.68. The maximum atomic E-state index is 13.7. The molecular weight excluding hydrogens is 279 g/mol. The standard InChI is InChI=1S/C16H12ClFO2/c1-10-3-8-14(15(18)9-10)16(19)11(2)20-13-6-4-12(17)5-7-13/h3-9H,2H2,1H3. The Hall–Kier alpha value is -2.13. The van der Waals surface area contributed by atoms with Crippen LogP contribution < -0.4 is 4.74 Å². The molecule has 2 nitrogen and oxygen atoms in total. The zero-order chi connectivity index (χ0) is 14.7. The highest BCUT2D eigenvalue weighted by atomic mass is 35.5. The Morgan fingerprint density at radius 1 is 1.20 bits per heavy atom. The monoisotopic (exact) mass is 290 g/mol. The molecular formula is C16H12ClFO2. The zero-order valence-corrected chi connectivity index (χ0v) is 11.6. The zero-order valence-electron chi connectivity index (χ0n) is 10.8. The van der Waals surface area contributed by atoms with Crippen LogP contribution in [0.4, 0.5) is 4.39 Å². The number of Topliss-reactive ketones (excluding diaryl/α,β-unsaturated/α-hetero) is 1. The summed E-state index contributed by atoms with van der Waals surface area (Å²) in [7, 11) is 0. The average Bonchev–Trinajstić information content (AvgIpc) is 2.40. The molecule has 0 aliphatic heterocycles. The first-order valence-electron chi connectivity index (χ1n) is 5.90. The van der Waals surface area contributed by atoms with Crippen molar-refractivity contribution in [3.8, 4) is 5.75 Å². The number of allylic oxidation sites excluding steroid dienone is 1. The van der Waals surface area contributed by atoms with Gasteiger partial charge in [0.25, 0.3) is 0 Å². The quantitative estimate of drug-likeness (QED) is 0.469. The van der Waals surface area contributed by atoms with E-state index in [2.05, 4.69) is 6.58 Å². The van der Waals surface area contributed by atoms with Gasteiger partial charge in [-0.2, -0.15) is 0 Å². The van der Waals surface area contributed by atoms with Gasteiger partial charge in [-0.15, -0.1) is 0 Å². The van der Waals surface area contributed by atoms with E-state index in [0.29, 0.717) is 10.8 Å². The van der Waals surface area contributed by atoms with E-state index < -0.39 is 11.6 Å². The van der Waals surface area contributed by atoms with Crippen LogP contribution in [0.25, 0.3) is 0 Å². The third-order valence-corrected chi connectivity index (χ3v) is 2.93. The summed E-state index contributed by atoms with van der Waals surface area (Å²) in [6.45, 7) is 5.29. The van der Waals surface area contributed by atoms with E-state index in [1.54, 1.807) is 37.3 Å². The molecule has 0 aliphatic rings. The summed E-state index contributed by atoms with van der Waals surface area (Å²) >= 11 is 5.75. The van der Waals surface area contributed by atoms with Gasteiger partial charge in [0.05, 0.1) is 5.56 Å². The number of carbonyl (C=O) groups is 1. The first kappa shape index (κ1) is 14.3. The van der Waals surface area contributed by atoms with Crippen molar-refractivity contribution in [1.82, 2.24) is 0 Å². The molecule has 0 spiro atoms. The molecule has 0 amide bonds. The molecule has 0 unspecified atom stereocenters. The van der Waals surface area contributed by atoms with Crippen molar-refractivity contribution in [3.05, 3.63) is 76.8 Å². The predicted octanol–water partition coefficient (Wildman–Crippen LogP) is 4.56. The Bertz CT molecular complexity index is 663. The Morgan fingerprint density at radius 3 is 2.45 bits per heavy atom. The van der Waals surface area contributed by atoms with Crippen LogP contribution in [0.1, 0.15) is 15.9 Å². The summed E-state index contributed by atoms with van der Waals surface area (Å²) in [6, 6.07) is 10.8. The molecule has 102 valence electrons. The maximum absolute atomic E-state index is 13.7. The maximum Gasteiger partial charge on any atom is 0.230 e. The predicted molar refractivity (Wildman–Crippen MR) is 76.7 cm³/mol. The van der Waals surface area contributed by atoms with Crippen molar-refractivity contribution >= 4 is 17.4 Å². The Labute approximate surface area is 121 Å². The Kier molecular flexibility index (Phi) is 4.20. The van der Waals surface area contributed by atoms with Crippen LogP contribution in [0.2, 0.25) is 5.02 Å². The number of hydrogen-bond donors (Lipinski definition) is 0. The molecule has 0 atom stereocenters. The lowest BCUT2D eigenvalue weighted by Gasteiger charge is -2.09. The third kappa shape index (κ3) is 3.25. The fraction of sp³-hybridized carbons (Fsp3) is 0.0625. The van der Waals surface area contributed by atoms with Crippen LogP contribution in [0.5, 0.6) is 5.75 Å². The molecule has 0 saturated heterocycles. The van der Waals surface area contributed by atoms with Gasteiger partial charge in [0, 0.05) is 5.02 Å². The van der Waals surface area contributed by atoms with Crippen molar-refractivity contribution in [3.63, 3.8) is 0 Å². The first-order valence-corrected chi connectivity index (χ1v) is 6.28. The summed E-state index contributed by atoms with van der Waals surface area (Å²) in [6.07, 6.45) is 0. The topological polar surface area (TPSA) is 26.3 Å². The van der Waals surface area contributed by atoms with Crippen molar-refractivity contribution in [2.75, 3.05) is 0 Å². The highest BCUT2D eigenvalue weighted by Crippen LogP contribution is 2.20. The van der Waals surface area contributed by atoms with Crippen LogP contribution in [0.15, 0.2) is 54.8 Å². The highest BCUT2D eigenvalue weighted by molar-refractivity contribution is 6.30. The summed E-state index contributed by atoms with van der Waals surface area (Å²) in [5, 5.41) is 0.555. The molecule has 4 heteroatoms. The second-order valence-corrected chi connectivity index (χ2v) is 4.73. The fourth-order valence-corrected chi connectivity index (χ4v) is 1.77. The first-order chi connectivity index (χ1) is 9.47. The number of ketones is 1. The van der Waals surface area contributed by atoms with Crippen molar-refractivity contribution in [1.29, 1.82) is 0 Å². The molecule has 20 heavy (non-hydrogen) atoms. The second kappa shape index (κ2) is 5.88. The van der Waals surface area contributed by atoms with Crippen LogP contribution in [-0.4, -0.2) is 5.78 Å². The number of halogens is 2. The van der Waals surface area contributed by atoms with E-state index in [-0.39, 0.29) is 11.3 Å². The summed E-state index contributed by atoms with van der Waals surface area (Å²) < 4.78 is 19.0. The van der Waals surface area contributed by atoms with Gasteiger partial charge in [-0.05, 0) is 48.9 Å². The number of ether oxygens (including phenoxy) is 1. The summed E-state index contributed by atoms with van der Waals surface area (Å²) in [4.78, 5) is 12.1. The van der Waals surface area contributed by atoms with Crippen LogP contribution >= 0.6 is 11.6 Å². The van der Waals surface area contributed by atoms with Gasteiger partial charge in [-0.3, -0.25) is 4.79 Å². The molecule has 2 aromatic carbocycles. The van der Waals surface area contributed by atoms with Gasteiger partial charge in [-0.1, -0.05) is 24.2 Å². The summed E-state index contributed by atoms with van der Waals surface area (Å²) in [5.41, 5.74) is 0.679. The molecule has 0 bridgehead atoms. The molecule has 0 saturated carbocycles. The van der Waals surface area contributed by atoms with E-state index in [4.69, 9.17) is 16.3 Å². The SMILES string of the molecule is C=C(Oc1ccc(Cl)cc1)C(=O)c1ccc(C)cc1F. The lowest BCUT2D eigenvalue weighted by atomic mass is 10.1. The minimum Gasteiger partial charge on any atom is -0.454 e. The normalized spacial score (nSPS) is 10.2. The minimum absolute atomic E-state index is 0.0606. The number of rotatable bonds is 4. The van der Waals surface area contributed by atoms with Gasteiger partial charge in [0.2, 0.25) is 5.78 Å². The molecule has 0 heterocycles. The lowest BCUT2D eigenvalue weighted by Crippen LogP contribution is -2.10. The van der Waals surface area contributed by atoms with Gasteiger partial charge in [0.1, 0.15) is 11.6 Å². The molecule has 2 aromatic rings. The van der Waals surface area contributed by atoms with Gasteiger partial charge in [0.15, 0.2) is 5.76 Å². The Balaban J connectivity index is 2.16. The molecule has 0 radical (unpaired) electrons. The molecule has 0 aromatic heterocycles. The fourth-order valence-electron chi connectivity index (χ4n) is 1.65. The number of benzene rings is 2. The number of hydrogen-bond acceptors (Lipinski definition) is 2.